The van der Waals surface area contributed by atoms with E-state index in [1.54, 1.807) is 36.4 Å². The molecule has 0 fully saturated rings. The maximum Gasteiger partial charge on any atom is 0.271 e. The maximum absolute atomic E-state index is 13.3. The molecule has 1 heterocycles. The van der Waals surface area contributed by atoms with E-state index in [0.29, 0.717) is 11.5 Å². The standard InChI is InChI=1S/C23H21N3O7S/c27-23(24-14-19-16-32-21-11-4-5-12-22(21)33-19)15-25(17-7-6-8-18(13-17)26(28)29)34(30,31)20-9-2-1-3-10-20/h1-13,19H,14-16H2,(H,24,27)/t19-/m0/s1. The molecule has 0 spiro atoms. The van der Waals surface area contributed by atoms with Gasteiger partial charge in [0.05, 0.1) is 22.1 Å². The number of para-hydroxylation sites is 2. The monoisotopic (exact) mass is 483 g/mol. The topological polar surface area (TPSA) is 128 Å². The number of hydrogen-bond acceptors (Lipinski definition) is 7. The fourth-order valence-corrected chi connectivity index (χ4v) is 4.81. The van der Waals surface area contributed by atoms with Crippen molar-refractivity contribution >= 4 is 27.3 Å². The summed E-state index contributed by atoms with van der Waals surface area (Å²) in [5.74, 6) is 0.558. The van der Waals surface area contributed by atoms with Crippen molar-refractivity contribution in [3.05, 3.63) is 89.0 Å². The van der Waals surface area contributed by atoms with Crippen molar-refractivity contribution in [1.29, 1.82) is 0 Å². The number of anilines is 1. The Balaban J connectivity index is 1.52. The molecule has 10 nitrogen and oxygen atoms in total. The van der Waals surface area contributed by atoms with Crippen LogP contribution in [0.3, 0.4) is 0 Å². The molecule has 34 heavy (non-hydrogen) atoms. The highest BCUT2D eigenvalue weighted by Crippen LogP contribution is 2.31. The largest absolute Gasteiger partial charge is 0.486 e. The summed E-state index contributed by atoms with van der Waals surface area (Å²) in [4.78, 5) is 23.3. The second-order valence-corrected chi connectivity index (χ2v) is 9.27. The molecule has 3 aromatic rings. The van der Waals surface area contributed by atoms with Crippen LogP contribution in [0.5, 0.6) is 11.5 Å². The van der Waals surface area contributed by atoms with Gasteiger partial charge in [0.2, 0.25) is 5.91 Å². The summed E-state index contributed by atoms with van der Waals surface area (Å²) in [7, 11) is -4.18. The van der Waals surface area contributed by atoms with Crippen molar-refractivity contribution < 1.29 is 27.6 Å². The number of nitrogens with one attached hydrogen (secondary N) is 1. The normalized spacial score (nSPS) is 14.8. The Morgan fingerprint density at radius 1 is 1.03 bits per heavy atom. The molecule has 0 saturated heterocycles. The van der Waals surface area contributed by atoms with Gasteiger partial charge in [-0.25, -0.2) is 8.42 Å². The minimum atomic E-state index is -4.18. The van der Waals surface area contributed by atoms with Gasteiger partial charge in [-0.3, -0.25) is 19.2 Å². The Bertz CT molecular complexity index is 1300. The predicted molar refractivity (Wildman–Crippen MR) is 123 cm³/mol. The Morgan fingerprint density at radius 3 is 2.47 bits per heavy atom. The molecule has 0 aromatic heterocycles. The molecule has 4 rings (SSSR count). The van der Waals surface area contributed by atoms with E-state index >= 15 is 0 Å². The third kappa shape index (κ3) is 5.09. The molecule has 0 saturated carbocycles. The van der Waals surface area contributed by atoms with E-state index in [1.807, 2.05) is 6.07 Å². The van der Waals surface area contributed by atoms with Crippen molar-refractivity contribution in [2.24, 2.45) is 0 Å². The summed E-state index contributed by atoms with van der Waals surface area (Å²) in [6.45, 7) is -0.280. The lowest BCUT2D eigenvalue weighted by molar-refractivity contribution is -0.384. The van der Waals surface area contributed by atoms with Crippen LogP contribution in [-0.4, -0.2) is 45.0 Å². The van der Waals surface area contributed by atoms with E-state index < -0.39 is 33.5 Å². The summed E-state index contributed by atoms with van der Waals surface area (Å²) >= 11 is 0. The van der Waals surface area contributed by atoms with E-state index in [-0.39, 0.29) is 29.4 Å². The molecule has 1 N–H and O–H groups in total. The average molecular weight is 484 g/mol. The summed E-state index contributed by atoms with van der Waals surface area (Å²) in [5, 5.41) is 13.9. The van der Waals surface area contributed by atoms with Crippen molar-refractivity contribution in [3.8, 4) is 11.5 Å². The Kier molecular flexibility index (Phi) is 6.64. The summed E-state index contributed by atoms with van der Waals surface area (Å²) in [6, 6.07) is 19.8. The quantitative estimate of drug-likeness (QED) is 0.385. The number of nitro benzene ring substituents is 1. The van der Waals surface area contributed by atoms with Gasteiger partial charge in [-0.2, -0.15) is 0 Å². The van der Waals surface area contributed by atoms with Crippen LogP contribution in [0.1, 0.15) is 0 Å². The molecule has 3 aromatic carbocycles. The Hall–Kier alpha value is -4.12. The molecule has 1 amide bonds. The zero-order valence-electron chi connectivity index (χ0n) is 17.9. The van der Waals surface area contributed by atoms with Crippen LogP contribution in [0, 0.1) is 10.1 Å². The maximum atomic E-state index is 13.3. The van der Waals surface area contributed by atoms with Crippen molar-refractivity contribution in [1.82, 2.24) is 5.32 Å². The number of nitrogens with zero attached hydrogens (tertiary/aromatic N) is 2. The predicted octanol–water partition coefficient (Wildman–Crippen LogP) is 2.75. The number of carbonyl (C=O) groups is 1. The molecule has 1 atom stereocenters. The average Bonchev–Trinajstić information content (AvgIpc) is 2.86. The smallest absolute Gasteiger partial charge is 0.271 e. The third-order valence-corrected chi connectivity index (χ3v) is 6.83. The zero-order chi connectivity index (χ0) is 24.1. The second kappa shape index (κ2) is 9.79. The number of fused-ring (bicyclic) bond motifs is 1. The number of nitro groups is 1. The molecule has 0 radical (unpaired) electrons. The van der Waals surface area contributed by atoms with E-state index in [2.05, 4.69) is 5.32 Å². The Labute approximate surface area is 195 Å². The number of carbonyl (C=O) groups excluding carboxylic acids is 1. The van der Waals surface area contributed by atoms with Crippen molar-refractivity contribution in [3.63, 3.8) is 0 Å². The van der Waals surface area contributed by atoms with Gasteiger partial charge in [-0.05, 0) is 30.3 Å². The van der Waals surface area contributed by atoms with Crippen LogP contribution in [0.25, 0.3) is 0 Å². The molecule has 0 aliphatic carbocycles. The first-order chi connectivity index (χ1) is 16.3. The van der Waals surface area contributed by atoms with Crippen LogP contribution >= 0.6 is 0 Å². The van der Waals surface area contributed by atoms with E-state index in [9.17, 15) is 23.3 Å². The number of non-ortho nitro benzene ring substituents is 1. The molecule has 1 aliphatic rings. The molecule has 176 valence electrons. The van der Waals surface area contributed by atoms with Gasteiger partial charge in [0.1, 0.15) is 19.3 Å². The number of amides is 1. The van der Waals surface area contributed by atoms with Gasteiger partial charge in [0, 0.05) is 12.1 Å². The summed E-state index contributed by atoms with van der Waals surface area (Å²) < 4.78 is 38.9. The van der Waals surface area contributed by atoms with Gasteiger partial charge in [-0.15, -0.1) is 0 Å². The third-order valence-electron chi connectivity index (χ3n) is 5.04. The highest BCUT2D eigenvalue weighted by Gasteiger charge is 2.29. The zero-order valence-corrected chi connectivity index (χ0v) is 18.7. The van der Waals surface area contributed by atoms with E-state index in [1.165, 1.54) is 30.3 Å². The van der Waals surface area contributed by atoms with Crippen LogP contribution in [0.4, 0.5) is 11.4 Å². The fraction of sp³-hybridized carbons (Fsp3) is 0.174. The SMILES string of the molecule is O=C(CN(c1cccc([N+](=O)[O-])c1)S(=O)(=O)c1ccccc1)NC[C@H]1COc2ccccc2O1. The molecule has 0 unspecified atom stereocenters. The van der Waals surface area contributed by atoms with Gasteiger partial charge >= 0.3 is 0 Å². The number of ether oxygens (including phenoxy) is 2. The van der Waals surface area contributed by atoms with Crippen LogP contribution < -0.4 is 19.1 Å². The Morgan fingerprint density at radius 2 is 1.74 bits per heavy atom. The number of hydrogen-bond donors (Lipinski definition) is 1. The van der Waals surface area contributed by atoms with Crippen LogP contribution in [0.2, 0.25) is 0 Å². The lowest BCUT2D eigenvalue weighted by Crippen LogP contribution is -2.45. The molecular weight excluding hydrogens is 462 g/mol. The van der Waals surface area contributed by atoms with Gasteiger partial charge in [-0.1, -0.05) is 36.4 Å². The van der Waals surface area contributed by atoms with Crippen molar-refractivity contribution in [2.45, 2.75) is 11.0 Å². The number of benzene rings is 3. The minimum Gasteiger partial charge on any atom is -0.486 e. The first-order valence-corrected chi connectivity index (χ1v) is 11.8. The highest BCUT2D eigenvalue weighted by atomic mass is 32.2. The highest BCUT2D eigenvalue weighted by molar-refractivity contribution is 7.92. The second-order valence-electron chi connectivity index (χ2n) is 7.40. The van der Waals surface area contributed by atoms with Gasteiger partial charge in [0.15, 0.2) is 11.5 Å². The molecule has 11 heteroatoms. The lowest BCUT2D eigenvalue weighted by atomic mass is 10.2. The molecule has 0 bridgehead atoms. The van der Waals surface area contributed by atoms with Crippen LogP contribution in [-0.2, 0) is 14.8 Å². The fourth-order valence-electron chi connectivity index (χ4n) is 3.37. The van der Waals surface area contributed by atoms with Crippen LogP contribution in [0.15, 0.2) is 83.8 Å². The first-order valence-electron chi connectivity index (χ1n) is 10.3. The summed E-state index contributed by atoms with van der Waals surface area (Å²) in [6.07, 6.45) is -0.462. The minimum absolute atomic E-state index is 0.000574. The van der Waals surface area contributed by atoms with Crippen molar-refractivity contribution in [2.75, 3.05) is 24.0 Å². The molecule has 1 aliphatic heterocycles. The van der Waals surface area contributed by atoms with E-state index in [0.717, 1.165) is 10.4 Å². The number of rotatable bonds is 8. The van der Waals surface area contributed by atoms with Gasteiger partial charge in [0.25, 0.3) is 15.7 Å². The van der Waals surface area contributed by atoms with Gasteiger partial charge < -0.3 is 14.8 Å². The lowest BCUT2D eigenvalue weighted by Gasteiger charge is -2.27. The molecular formula is C23H21N3O7S. The number of sulfonamides is 1. The summed E-state index contributed by atoms with van der Waals surface area (Å²) in [5.41, 5.74) is -0.294. The first kappa shape index (κ1) is 23.1. The van der Waals surface area contributed by atoms with E-state index in [4.69, 9.17) is 9.47 Å².